The van der Waals surface area contributed by atoms with Gasteiger partial charge in [0.2, 0.25) is 0 Å². The minimum absolute atomic E-state index is 0.251. The molecule has 3 aromatic rings. The normalized spacial score (nSPS) is 17.4. The second-order valence-electron chi connectivity index (χ2n) is 7.42. The zero-order chi connectivity index (χ0) is 23.5. The largest absolute Gasteiger partial charge is 0.507 e. The first-order valence-corrected chi connectivity index (χ1v) is 10.3. The van der Waals surface area contributed by atoms with Gasteiger partial charge in [0.1, 0.15) is 23.1 Å². The molecule has 8 heteroatoms. The molecule has 1 N–H and O–H groups in total. The molecule has 1 fully saturated rings. The maximum absolute atomic E-state index is 14.6. The summed E-state index contributed by atoms with van der Waals surface area (Å²) in [7, 11) is 0. The zero-order valence-corrected chi connectivity index (χ0v) is 17.7. The van der Waals surface area contributed by atoms with E-state index in [0.717, 1.165) is 29.5 Å². The Hall–Kier alpha value is -4.07. The number of carbonyl (C=O) groups is 2. The molecule has 0 radical (unpaired) electrons. The van der Waals surface area contributed by atoms with E-state index in [9.17, 15) is 23.5 Å². The molecule has 0 aliphatic carbocycles. The number of aromatic nitrogens is 1. The van der Waals surface area contributed by atoms with E-state index in [1.807, 2.05) is 6.92 Å². The van der Waals surface area contributed by atoms with Gasteiger partial charge in [0.25, 0.3) is 11.7 Å². The Labute approximate surface area is 188 Å². The van der Waals surface area contributed by atoms with Gasteiger partial charge in [0, 0.05) is 24.0 Å². The van der Waals surface area contributed by atoms with Gasteiger partial charge in [-0.15, -0.1) is 0 Å². The topological polar surface area (TPSA) is 79.7 Å². The Morgan fingerprint density at radius 3 is 2.55 bits per heavy atom. The number of benzene rings is 2. The molecule has 1 unspecified atom stereocenters. The Bertz CT molecular complexity index is 1230. The highest BCUT2D eigenvalue weighted by Crippen LogP contribution is 2.42. The first-order chi connectivity index (χ1) is 15.9. The number of carbonyl (C=O) groups excluding carboxylic acids is 2. The Kier molecular flexibility index (Phi) is 6.17. The van der Waals surface area contributed by atoms with E-state index in [1.54, 1.807) is 36.4 Å². The van der Waals surface area contributed by atoms with E-state index in [0.29, 0.717) is 17.9 Å². The summed E-state index contributed by atoms with van der Waals surface area (Å²) < 4.78 is 34.1. The van der Waals surface area contributed by atoms with E-state index in [4.69, 9.17) is 4.74 Å². The summed E-state index contributed by atoms with van der Waals surface area (Å²) in [5.74, 6) is -3.62. The van der Waals surface area contributed by atoms with Gasteiger partial charge in [-0.2, -0.15) is 0 Å². The number of aliphatic hydroxyl groups is 1. The third-order valence-corrected chi connectivity index (χ3v) is 5.21. The van der Waals surface area contributed by atoms with Crippen LogP contribution in [0.3, 0.4) is 0 Å². The SMILES string of the molecule is CCCOc1ccc(/C(O)=C2\C(=O)C(=O)N(c3cc(F)ccc3F)C2c2cccnc2)cc1. The van der Waals surface area contributed by atoms with Crippen molar-refractivity contribution < 1.29 is 28.2 Å². The Balaban J connectivity index is 1.86. The van der Waals surface area contributed by atoms with Crippen molar-refractivity contribution in [3.63, 3.8) is 0 Å². The number of hydrogen-bond donors (Lipinski definition) is 1. The van der Waals surface area contributed by atoms with Crippen LogP contribution >= 0.6 is 0 Å². The first kappa shape index (κ1) is 22.1. The van der Waals surface area contributed by atoms with Crippen molar-refractivity contribution >= 4 is 23.1 Å². The molecule has 4 rings (SSSR count). The number of pyridine rings is 1. The molecule has 33 heavy (non-hydrogen) atoms. The summed E-state index contributed by atoms with van der Waals surface area (Å²) in [4.78, 5) is 30.9. The van der Waals surface area contributed by atoms with Crippen LogP contribution in [0.5, 0.6) is 5.75 Å². The number of anilines is 1. The number of amides is 1. The second-order valence-corrected chi connectivity index (χ2v) is 7.42. The quantitative estimate of drug-likeness (QED) is 0.332. The van der Waals surface area contributed by atoms with Crippen molar-refractivity contribution in [1.29, 1.82) is 0 Å². The van der Waals surface area contributed by atoms with Gasteiger partial charge in [-0.1, -0.05) is 13.0 Å². The summed E-state index contributed by atoms with van der Waals surface area (Å²) in [6.45, 7) is 2.50. The molecule has 168 valence electrons. The molecule has 1 aliphatic rings. The lowest BCUT2D eigenvalue weighted by molar-refractivity contribution is -0.132. The maximum Gasteiger partial charge on any atom is 0.300 e. The highest BCUT2D eigenvalue weighted by molar-refractivity contribution is 6.51. The number of nitrogens with zero attached hydrogens (tertiary/aromatic N) is 2. The van der Waals surface area contributed by atoms with Crippen LogP contribution < -0.4 is 9.64 Å². The second kappa shape index (κ2) is 9.20. The average Bonchev–Trinajstić information content (AvgIpc) is 3.10. The highest BCUT2D eigenvalue weighted by Gasteiger charge is 2.48. The van der Waals surface area contributed by atoms with Gasteiger partial charge in [0.15, 0.2) is 0 Å². The summed E-state index contributed by atoms with van der Waals surface area (Å²) in [6.07, 6.45) is 3.72. The number of hydrogen-bond acceptors (Lipinski definition) is 5. The average molecular weight is 450 g/mol. The van der Waals surface area contributed by atoms with E-state index in [-0.39, 0.29) is 11.1 Å². The van der Waals surface area contributed by atoms with Crippen LogP contribution in [0.2, 0.25) is 0 Å². The van der Waals surface area contributed by atoms with Crippen molar-refractivity contribution in [3.05, 3.63) is 95.3 Å². The highest BCUT2D eigenvalue weighted by atomic mass is 19.1. The maximum atomic E-state index is 14.6. The number of aliphatic hydroxyl groups excluding tert-OH is 1. The third-order valence-electron chi connectivity index (χ3n) is 5.21. The molecular weight excluding hydrogens is 430 g/mol. The fourth-order valence-corrected chi connectivity index (χ4v) is 3.69. The number of halogens is 2. The van der Waals surface area contributed by atoms with Crippen LogP contribution in [0.1, 0.15) is 30.5 Å². The molecule has 1 saturated heterocycles. The van der Waals surface area contributed by atoms with Crippen molar-refractivity contribution in [1.82, 2.24) is 4.98 Å². The molecule has 1 aromatic heterocycles. The smallest absolute Gasteiger partial charge is 0.300 e. The summed E-state index contributed by atoms with van der Waals surface area (Å²) in [5, 5.41) is 11.0. The van der Waals surface area contributed by atoms with E-state index >= 15 is 0 Å². The number of Topliss-reactive ketones (excluding diaryl/α,β-unsaturated/α-hetero) is 1. The van der Waals surface area contributed by atoms with Gasteiger partial charge >= 0.3 is 0 Å². The molecule has 0 bridgehead atoms. The van der Waals surface area contributed by atoms with Crippen molar-refractivity contribution in [2.75, 3.05) is 11.5 Å². The predicted octanol–water partition coefficient (Wildman–Crippen LogP) is 4.77. The first-order valence-electron chi connectivity index (χ1n) is 10.3. The minimum Gasteiger partial charge on any atom is -0.507 e. The van der Waals surface area contributed by atoms with Crippen LogP contribution in [0.15, 0.2) is 72.6 Å². The Morgan fingerprint density at radius 1 is 1.12 bits per heavy atom. The van der Waals surface area contributed by atoms with Crippen molar-refractivity contribution in [2.45, 2.75) is 19.4 Å². The molecule has 0 saturated carbocycles. The van der Waals surface area contributed by atoms with Crippen LogP contribution in [-0.2, 0) is 9.59 Å². The molecule has 6 nitrogen and oxygen atoms in total. The van der Waals surface area contributed by atoms with Crippen molar-refractivity contribution in [3.8, 4) is 5.75 Å². The predicted molar refractivity (Wildman–Crippen MR) is 118 cm³/mol. The number of ketones is 1. The van der Waals surface area contributed by atoms with E-state index in [2.05, 4.69) is 4.98 Å². The fourth-order valence-electron chi connectivity index (χ4n) is 3.69. The summed E-state index contributed by atoms with van der Waals surface area (Å²) >= 11 is 0. The molecule has 1 amide bonds. The monoisotopic (exact) mass is 450 g/mol. The van der Waals surface area contributed by atoms with E-state index in [1.165, 1.54) is 12.4 Å². The van der Waals surface area contributed by atoms with Gasteiger partial charge in [-0.05, 0) is 54.4 Å². The van der Waals surface area contributed by atoms with Gasteiger partial charge < -0.3 is 9.84 Å². The molecule has 0 spiro atoms. The number of rotatable bonds is 6. The fraction of sp³-hybridized carbons (Fsp3) is 0.160. The molecule has 1 aliphatic heterocycles. The third kappa shape index (κ3) is 4.19. The summed E-state index contributed by atoms with van der Waals surface area (Å²) in [6, 6.07) is 11.0. The Morgan fingerprint density at radius 2 is 1.88 bits per heavy atom. The molecule has 2 heterocycles. The molecular formula is C25H20F2N2O4. The number of ether oxygens (including phenoxy) is 1. The summed E-state index contributed by atoms with van der Waals surface area (Å²) in [5.41, 5.74) is -0.0394. The van der Waals surface area contributed by atoms with E-state index < -0.39 is 40.8 Å². The van der Waals surface area contributed by atoms with Gasteiger partial charge in [-0.3, -0.25) is 19.5 Å². The van der Waals surface area contributed by atoms with Gasteiger partial charge in [-0.25, -0.2) is 8.78 Å². The van der Waals surface area contributed by atoms with Gasteiger partial charge in [0.05, 0.1) is 23.9 Å². The lowest BCUT2D eigenvalue weighted by atomic mass is 9.96. The zero-order valence-electron chi connectivity index (χ0n) is 17.7. The lowest BCUT2D eigenvalue weighted by Gasteiger charge is -2.25. The molecule has 1 atom stereocenters. The van der Waals surface area contributed by atoms with Crippen LogP contribution in [0.4, 0.5) is 14.5 Å². The lowest BCUT2D eigenvalue weighted by Crippen LogP contribution is -2.30. The van der Waals surface area contributed by atoms with Crippen LogP contribution in [0.25, 0.3) is 5.76 Å². The van der Waals surface area contributed by atoms with Crippen LogP contribution in [-0.4, -0.2) is 28.4 Å². The minimum atomic E-state index is -1.20. The van der Waals surface area contributed by atoms with Crippen LogP contribution in [0, 0.1) is 11.6 Å². The van der Waals surface area contributed by atoms with Crippen molar-refractivity contribution in [2.24, 2.45) is 0 Å². The standard InChI is InChI=1S/C25H20F2N2O4/c1-2-12-33-18-8-5-15(6-9-18)23(30)21-22(16-4-3-11-28-14-16)29(25(32)24(21)31)20-13-17(26)7-10-19(20)27/h3-11,13-14,22,30H,2,12H2,1H3/b23-21+. The molecule has 2 aromatic carbocycles.